The zero-order valence-corrected chi connectivity index (χ0v) is 13.0. The van der Waals surface area contributed by atoms with Gasteiger partial charge in [0, 0.05) is 11.5 Å². The molecule has 0 bridgehead atoms. The number of benzene rings is 1. The molecule has 3 nitrogen and oxygen atoms in total. The van der Waals surface area contributed by atoms with E-state index in [1.54, 1.807) is 7.11 Å². The summed E-state index contributed by atoms with van der Waals surface area (Å²) in [6.07, 6.45) is 0.918. The molecule has 108 valence electrons. The van der Waals surface area contributed by atoms with E-state index in [0.29, 0.717) is 0 Å². The second-order valence-electron chi connectivity index (χ2n) is 6.10. The molecule has 0 spiro atoms. The Morgan fingerprint density at radius 2 is 1.84 bits per heavy atom. The summed E-state index contributed by atoms with van der Waals surface area (Å²) in [5.41, 5.74) is 7.26. The van der Waals surface area contributed by atoms with Crippen LogP contribution in [-0.4, -0.2) is 19.3 Å². The summed E-state index contributed by atoms with van der Waals surface area (Å²) >= 11 is 0. The molecule has 0 aliphatic carbocycles. The van der Waals surface area contributed by atoms with Gasteiger partial charge in [0.15, 0.2) is 11.5 Å². The molecule has 0 aliphatic heterocycles. The summed E-state index contributed by atoms with van der Waals surface area (Å²) in [4.78, 5) is 0. The van der Waals surface area contributed by atoms with Crippen molar-refractivity contribution in [2.24, 2.45) is 11.1 Å². The van der Waals surface area contributed by atoms with Crippen molar-refractivity contribution in [3.8, 4) is 11.5 Å². The Balaban J connectivity index is 3.03. The minimum Gasteiger partial charge on any atom is -0.493 e. The zero-order chi connectivity index (χ0) is 14.6. The number of ether oxygens (including phenoxy) is 2. The predicted octanol–water partition coefficient (Wildman–Crippen LogP) is 3.40. The number of rotatable bonds is 5. The zero-order valence-electron chi connectivity index (χ0n) is 13.0. The molecule has 0 saturated heterocycles. The standard InChI is InChI=1S/C16H27NO2/c1-7-12-8-9-13(14(10-12)18-6)19-15(11(2)17)16(3,4)5/h8-11,15H,7,17H2,1-6H3. The Morgan fingerprint density at radius 1 is 1.21 bits per heavy atom. The van der Waals surface area contributed by atoms with Gasteiger partial charge in [-0.1, -0.05) is 33.8 Å². The lowest BCUT2D eigenvalue weighted by Crippen LogP contribution is -2.45. The molecule has 0 heterocycles. The Hall–Kier alpha value is -1.22. The molecule has 1 aromatic rings. The van der Waals surface area contributed by atoms with Crippen molar-refractivity contribution in [2.45, 2.75) is 53.2 Å². The van der Waals surface area contributed by atoms with Crippen molar-refractivity contribution in [3.05, 3.63) is 23.8 Å². The maximum atomic E-state index is 6.11. The number of methoxy groups -OCH3 is 1. The van der Waals surface area contributed by atoms with E-state index in [4.69, 9.17) is 15.2 Å². The molecule has 0 fully saturated rings. The van der Waals surface area contributed by atoms with Gasteiger partial charge in [0.05, 0.1) is 7.11 Å². The summed E-state index contributed by atoms with van der Waals surface area (Å²) in [5, 5.41) is 0. The minimum absolute atomic E-state index is 0.0252. The number of hydrogen-bond donors (Lipinski definition) is 1. The smallest absolute Gasteiger partial charge is 0.161 e. The molecule has 2 unspecified atom stereocenters. The van der Waals surface area contributed by atoms with Crippen LogP contribution in [0.1, 0.15) is 40.2 Å². The van der Waals surface area contributed by atoms with E-state index >= 15 is 0 Å². The molecular formula is C16H27NO2. The molecule has 2 N–H and O–H groups in total. The highest BCUT2D eigenvalue weighted by Gasteiger charge is 2.30. The molecule has 2 atom stereocenters. The third kappa shape index (κ3) is 4.13. The van der Waals surface area contributed by atoms with Gasteiger partial charge in [0.1, 0.15) is 6.10 Å². The van der Waals surface area contributed by atoms with Crippen molar-refractivity contribution in [1.82, 2.24) is 0 Å². The van der Waals surface area contributed by atoms with E-state index in [9.17, 15) is 0 Å². The molecule has 0 radical (unpaired) electrons. The van der Waals surface area contributed by atoms with Crippen molar-refractivity contribution in [1.29, 1.82) is 0 Å². The van der Waals surface area contributed by atoms with Crippen LogP contribution in [0.4, 0.5) is 0 Å². The Bertz CT molecular complexity index is 408. The summed E-state index contributed by atoms with van der Waals surface area (Å²) in [5.74, 6) is 1.53. The maximum Gasteiger partial charge on any atom is 0.161 e. The van der Waals surface area contributed by atoms with Crippen molar-refractivity contribution >= 4 is 0 Å². The first kappa shape index (κ1) is 15.8. The molecular weight excluding hydrogens is 238 g/mol. The van der Waals surface area contributed by atoms with Crippen LogP contribution < -0.4 is 15.2 Å². The predicted molar refractivity (Wildman–Crippen MR) is 79.9 cm³/mol. The summed E-state index contributed by atoms with van der Waals surface area (Å²) < 4.78 is 11.5. The Kier molecular flexibility index (Phi) is 5.24. The molecule has 1 aromatic carbocycles. The second kappa shape index (κ2) is 6.29. The largest absolute Gasteiger partial charge is 0.493 e. The van der Waals surface area contributed by atoms with Crippen LogP contribution in [0.5, 0.6) is 11.5 Å². The van der Waals surface area contributed by atoms with E-state index in [-0.39, 0.29) is 17.6 Å². The maximum absolute atomic E-state index is 6.11. The highest BCUT2D eigenvalue weighted by molar-refractivity contribution is 5.43. The van der Waals surface area contributed by atoms with Crippen LogP contribution in [-0.2, 0) is 6.42 Å². The molecule has 0 aliphatic rings. The molecule has 1 rings (SSSR count). The fourth-order valence-corrected chi connectivity index (χ4v) is 2.24. The van der Waals surface area contributed by atoms with Crippen LogP contribution >= 0.6 is 0 Å². The van der Waals surface area contributed by atoms with Crippen molar-refractivity contribution in [2.75, 3.05) is 7.11 Å². The SMILES string of the molecule is CCc1ccc(OC(C(C)N)C(C)(C)C)c(OC)c1. The molecule has 19 heavy (non-hydrogen) atoms. The summed E-state index contributed by atoms with van der Waals surface area (Å²) in [6, 6.07) is 6.02. The number of nitrogens with two attached hydrogens (primary N) is 1. The molecule has 0 amide bonds. The van der Waals surface area contributed by atoms with Gasteiger partial charge in [0.25, 0.3) is 0 Å². The van der Waals surface area contributed by atoms with Crippen LogP contribution in [0.2, 0.25) is 0 Å². The lowest BCUT2D eigenvalue weighted by molar-refractivity contribution is 0.0657. The first-order valence-corrected chi connectivity index (χ1v) is 6.88. The van der Waals surface area contributed by atoms with Crippen molar-refractivity contribution < 1.29 is 9.47 Å². The first-order valence-electron chi connectivity index (χ1n) is 6.88. The summed E-state index contributed by atoms with van der Waals surface area (Å²) in [7, 11) is 1.67. The van der Waals surface area contributed by atoms with Gasteiger partial charge < -0.3 is 15.2 Å². The first-order chi connectivity index (χ1) is 8.79. The van der Waals surface area contributed by atoms with Gasteiger partial charge >= 0.3 is 0 Å². The lowest BCUT2D eigenvalue weighted by Gasteiger charge is -2.34. The van der Waals surface area contributed by atoms with Gasteiger partial charge in [-0.2, -0.15) is 0 Å². The van der Waals surface area contributed by atoms with Crippen molar-refractivity contribution in [3.63, 3.8) is 0 Å². The fraction of sp³-hybridized carbons (Fsp3) is 0.625. The average Bonchev–Trinajstić information content (AvgIpc) is 2.33. The van der Waals surface area contributed by atoms with Crippen LogP contribution in [0, 0.1) is 5.41 Å². The minimum atomic E-state index is -0.0612. The van der Waals surface area contributed by atoms with Crippen LogP contribution in [0.15, 0.2) is 18.2 Å². The number of aryl methyl sites for hydroxylation is 1. The van der Waals surface area contributed by atoms with Gasteiger partial charge in [-0.3, -0.25) is 0 Å². The molecule has 0 aromatic heterocycles. The van der Waals surface area contributed by atoms with E-state index in [1.165, 1.54) is 5.56 Å². The lowest BCUT2D eigenvalue weighted by atomic mass is 9.85. The number of hydrogen-bond acceptors (Lipinski definition) is 3. The van der Waals surface area contributed by atoms with Gasteiger partial charge in [-0.05, 0) is 31.0 Å². The van der Waals surface area contributed by atoms with E-state index in [0.717, 1.165) is 17.9 Å². The monoisotopic (exact) mass is 265 g/mol. The van der Waals surface area contributed by atoms with E-state index in [1.807, 2.05) is 19.1 Å². The topological polar surface area (TPSA) is 44.5 Å². The molecule has 3 heteroatoms. The molecule has 0 saturated carbocycles. The highest BCUT2D eigenvalue weighted by Crippen LogP contribution is 2.33. The third-order valence-corrected chi connectivity index (χ3v) is 3.22. The normalized spacial score (nSPS) is 14.9. The second-order valence-corrected chi connectivity index (χ2v) is 6.10. The fourth-order valence-electron chi connectivity index (χ4n) is 2.24. The highest BCUT2D eigenvalue weighted by atomic mass is 16.5. The third-order valence-electron chi connectivity index (χ3n) is 3.22. The van der Waals surface area contributed by atoms with Crippen LogP contribution in [0.25, 0.3) is 0 Å². The van der Waals surface area contributed by atoms with E-state index < -0.39 is 0 Å². The van der Waals surface area contributed by atoms with Crippen LogP contribution in [0.3, 0.4) is 0 Å². The Morgan fingerprint density at radius 3 is 2.26 bits per heavy atom. The summed E-state index contributed by atoms with van der Waals surface area (Å²) in [6.45, 7) is 10.5. The average molecular weight is 265 g/mol. The van der Waals surface area contributed by atoms with Gasteiger partial charge in [-0.25, -0.2) is 0 Å². The Labute approximate surface area is 117 Å². The van der Waals surface area contributed by atoms with Gasteiger partial charge in [-0.15, -0.1) is 0 Å². The quantitative estimate of drug-likeness (QED) is 0.887. The van der Waals surface area contributed by atoms with E-state index in [2.05, 4.69) is 33.8 Å². The van der Waals surface area contributed by atoms with Gasteiger partial charge in [0.2, 0.25) is 0 Å².